The Morgan fingerprint density at radius 1 is 0.824 bits per heavy atom. The highest BCUT2D eigenvalue weighted by Gasteiger charge is 2.03. The van der Waals surface area contributed by atoms with E-state index in [1.54, 1.807) is 6.07 Å². The van der Waals surface area contributed by atoms with Gasteiger partial charge in [0.15, 0.2) is 0 Å². The van der Waals surface area contributed by atoms with Crippen molar-refractivity contribution >= 4 is 11.0 Å². The maximum Gasteiger partial charge on any atom is 0.136 e. The third kappa shape index (κ3) is 1.74. The van der Waals surface area contributed by atoms with E-state index >= 15 is 0 Å². The molecular formula is C15H11NO. The summed E-state index contributed by atoms with van der Waals surface area (Å²) < 4.78 is 5.81. The molecule has 0 aliphatic rings. The zero-order valence-electron chi connectivity index (χ0n) is 9.18. The second-order valence-electron chi connectivity index (χ2n) is 3.89. The molecule has 0 saturated heterocycles. The van der Waals surface area contributed by atoms with Crippen LogP contribution in [0.2, 0.25) is 0 Å². The first-order valence-corrected chi connectivity index (χ1v) is 5.47. The Hall–Kier alpha value is -2.35. The fraction of sp³-hybridized carbons (Fsp3) is 0. The van der Waals surface area contributed by atoms with Gasteiger partial charge in [0.05, 0.1) is 5.36 Å². The molecule has 1 N–H and O–H groups in total. The van der Waals surface area contributed by atoms with Gasteiger partial charge in [0.2, 0.25) is 0 Å². The molecule has 0 saturated carbocycles. The maximum absolute atomic E-state index is 7.99. The Labute approximate surface area is 98.7 Å². The number of para-hydroxylation sites is 1. The monoisotopic (exact) mass is 221 g/mol. The first kappa shape index (κ1) is 9.85. The van der Waals surface area contributed by atoms with Crippen molar-refractivity contribution in [2.75, 3.05) is 0 Å². The molecule has 0 bridgehead atoms. The fourth-order valence-electron chi connectivity index (χ4n) is 1.88. The number of nitrogens with one attached hydrogen (secondary N) is 1. The number of hydrogen-bond acceptors (Lipinski definition) is 2. The van der Waals surface area contributed by atoms with Crippen LogP contribution in [0.15, 0.2) is 65.1 Å². The zero-order chi connectivity index (χ0) is 11.7. The van der Waals surface area contributed by atoms with Gasteiger partial charge in [-0.15, -0.1) is 0 Å². The fourth-order valence-corrected chi connectivity index (χ4v) is 1.88. The summed E-state index contributed by atoms with van der Waals surface area (Å²) >= 11 is 0. The maximum atomic E-state index is 7.99. The van der Waals surface area contributed by atoms with Crippen molar-refractivity contribution < 1.29 is 4.42 Å². The molecule has 3 aromatic rings. The Balaban J connectivity index is 2.30. The molecule has 0 atom stereocenters. The molecule has 17 heavy (non-hydrogen) atoms. The van der Waals surface area contributed by atoms with Gasteiger partial charge in [0, 0.05) is 17.0 Å². The quantitative estimate of drug-likeness (QED) is 0.670. The van der Waals surface area contributed by atoms with Crippen LogP contribution in [0.4, 0.5) is 0 Å². The number of rotatable bonds is 1. The lowest BCUT2D eigenvalue weighted by Gasteiger charge is -2.03. The van der Waals surface area contributed by atoms with Gasteiger partial charge < -0.3 is 4.42 Å². The SMILES string of the molecule is N=c1cc(-c2ccccc2)oc2ccccc12. The lowest BCUT2D eigenvalue weighted by Crippen LogP contribution is -2.00. The second kappa shape index (κ2) is 3.91. The van der Waals surface area contributed by atoms with E-state index < -0.39 is 0 Å². The van der Waals surface area contributed by atoms with Crippen molar-refractivity contribution in [2.24, 2.45) is 0 Å². The molecule has 0 amide bonds. The highest BCUT2D eigenvalue weighted by molar-refractivity contribution is 5.78. The summed E-state index contributed by atoms with van der Waals surface area (Å²) in [6, 6.07) is 19.2. The zero-order valence-corrected chi connectivity index (χ0v) is 9.18. The van der Waals surface area contributed by atoms with Gasteiger partial charge in [-0.1, -0.05) is 42.5 Å². The molecular weight excluding hydrogens is 210 g/mol. The topological polar surface area (TPSA) is 37.0 Å². The highest BCUT2D eigenvalue weighted by atomic mass is 16.3. The molecule has 1 aromatic heterocycles. The number of hydrogen-bond donors (Lipinski definition) is 1. The van der Waals surface area contributed by atoms with Crippen LogP contribution < -0.4 is 5.36 Å². The van der Waals surface area contributed by atoms with Gasteiger partial charge in [-0.25, -0.2) is 0 Å². The van der Waals surface area contributed by atoms with Gasteiger partial charge in [0.1, 0.15) is 11.3 Å². The third-order valence-corrected chi connectivity index (χ3v) is 2.73. The molecule has 0 aliphatic carbocycles. The van der Waals surface area contributed by atoms with Crippen molar-refractivity contribution in [3.8, 4) is 11.3 Å². The number of benzene rings is 2. The van der Waals surface area contributed by atoms with E-state index in [2.05, 4.69) is 0 Å². The van der Waals surface area contributed by atoms with E-state index in [1.807, 2.05) is 54.6 Å². The van der Waals surface area contributed by atoms with E-state index in [9.17, 15) is 0 Å². The average Bonchev–Trinajstić information content (AvgIpc) is 2.40. The molecule has 0 spiro atoms. The summed E-state index contributed by atoms with van der Waals surface area (Å²) in [6.07, 6.45) is 0. The largest absolute Gasteiger partial charge is 0.456 e. The summed E-state index contributed by atoms with van der Waals surface area (Å²) in [5, 5.41) is 9.33. The summed E-state index contributed by atoms with van der Waals surface area (Å²) in [7, 11) is 0. The molecule has 82 valence electrons. The van der Waals surface area contributed by atoms with Crippen molar-refractivity contribution in [2.45, 2.75) is 0 Å². The smallest absolute Gasteiger partial charge is 0.136 e. The molecule has 0 fully saturated rings. The molecule has 3 rings (SSSR count). The van der Waals surface area contributed by atoms with Gasteiger partial charge >= 0.3 is 0 Å². The normalized spacial score (nSPS) is 10.6. The lowest BCUT2D eigenvalue weighted by atomic mass is 10.1. The van der Waals surface area contributed by atoms with Crippen molar-refractivity contribution in [1.29, 1.82) is 5.41 Å². The van der Waals surface area contributed by atoms with E-state index in [4.69, 9.17) is 9.83 Å². The molecule has 2 nitrogen and oxygen atoms in total. The highest BCUT2D eigenvalue weighted by Crippen LogP contribution is 2.21. The molecule has 2 heteroatoms. The van der Waals surface area contributed by atoms with E-state index in [-0.39, 0.29) is 0 Å². The van der Waals surface area contributed by atoms with Crippen LogP contribution in [0, 0.1) is 5.41 Å². The van der Waals surface area contributed by atoms with Crippen LogP contribution in [0.3, 0.4) is 0 Å². The second-order valence-corrected chi connectivity index (χ2v) is 3.89. The van der Waals surface area contributed by atoms with Crippen LogP contribution in [-0.4, -0.2) is 0 Å². The minimum Gasteiger partial charge on any atom is -0.456 e. The van der Waals surface area contributed by atoms with Gasteiger partial charge in [0.25, 0.3) is 0 Å². The summed E-state index contributed by atoms with van der Waals surface area (Å²) in [5.41, 5.74) is 1.74. The van der Waals surface area contributed by atoms with Crippen molar-refractivity contribution in [1.82, 2.24) is 0 Å². The predicted molar refractivity (Wildman–Crippen MR) is 67.5 cm³/mol. The van der Waals surface area contributed by atoms with Crippen molar-refractivity contribution in [3.63, 3.8) is 0 Å². The predicted octanol–water partition coefficient (Wildman–Crippen LogP) is 3.58. The Morgan fingerprint density at radius 3 is 2.35 bits per heavy atom. The first-order valence-electron chi connectivity index (χ1n) is 5.47. The lowest BCUT2D eigenvalue weighted by molar-refractivity contribution is 0.618. The van der Waals surface area contributed by atoms with Crippen molar-refractivity contribution in [3.05, 3.63) is 66.0 Å². The number of fused-ring (bicyclic) bond motifs is 1. The van der Waals surface area contributed by atoms with Crippen LogP contribution in [0.5, 0.6) is 0 Å². The van der Waals surface area contributed by atoms with Gasteiger partial charge in [-0.3, -0.25) is 5.41 Å². The van der Waals surface area contributed by atoms with Crippen LogP contribution >= 0.6 is 0 Å². The Kier molecular flexibility index (Phi) is 2.26. The molecule has 0 aliphatic heterocycles. The first-order chi connectivity index (χ1) is 8.34. The minimum absolute atomic E-state index is 0.491. The van der Waals surface area contributed by atoms with Gasteiger partial charge in [-0.05, 0) is 12.1 Å². The summed E-state index contributed by atoms with van der Waals surface area (Å²) in [4.78, 5) is 0. The Morgan fingerprint density at radius 2 is 1.53 bits per heavy atom. The van der Waals surface area contributed by atoms with E-state index in [1.165, 1.54) is 0 Å². The van der Waals surface area contributed by atoms with Gasteiger partial charge in [-0.2, -0.15) is 0 Å². The summed E-state index contributed by atoms with van der Waals surface area (Å²) in [6.45, 7) is 0. The minimum atomic E-state index is 0.491. The molecule has 0 radical (unpaired) electrons. The third-order valence-electron chi connectivity index (χ3n) is 2.73. The Bertz CT molecular complexity index is 714. The molecule has 0 unspecified atom stereocenters. The van der Waals surface area contributed by atoms with Crippen LogP contribution in [0.1, 0.15) is 0 Å². The standard InChI is InChI=1S/C15H11NO/c16-13-10-15(11-6-2-1-3-7-11)17-14-9-5-4-8-12(13)14/h1-10,16H. The molecule has 2 aromatic carbocycles. The van der Waals surface area contributed by atoms with E-state index in [0.717, 1.165) is 22.3 Å². The van der Waals surface area contributed by atoms with Crippen LogP contribution in [-0.2, 0) is 0 Å². The van der Waals surface area contributed by atoms with Crippen LogP contribution in [0.25, 0.3) is 22.3 Å². The van der Waals surface area contributed by atoms with E-state index in [0.29, 0.717) is 5.36 Å². The average molecular weight is 221 g/mol. The molecule has 1 heterocycles. The summed E-state index contributed by atoms with van der Waals surface area (Å²) in [5.74, 6) is 0.731.